The summed E-state index contributed by atoms with van der Waals surface area (Å²) in [4.78, 5) is 0. The van der Waals surface area contributed by atoms with E-state index >= 15 is 0 Å². The highest BCUT2D eigenvalue weighted by Gasteiger charge is 2.14. The van der Waals surface area contributed by atoms with Crippen LogP contribution in [0.15, 0.2) is 48.7 Å². The van der Waals surface area contributed by atoms with Crippen molar-refractivity contribution in [1.29, 1.82) is 0 Å². The molecule has 0 amide bonds. The van der Waals surface area contributed by atoms with E-state index < -0.39 is 0 Å². The molecular formula is C15H14NO+. The van der Waals surface area contributed by atoms with Gasteiger partial charge in [0, 0.05) is 10.8 Å². The molecule has 84 valence electrons. The lowest BCUT2D eigenvalue weighted by Gasteiger charge is -2.05. The highest BCUT2D eigenvalue weighted by atomic mass is 16.5. The predicted octanol–water partition coefficient (Wildman–Crippen LogP) is 2.83. The van der Waals surface area contributed by atoms with E-state index in [1.165, 1.54) is 16.2 Å². The van der Waals surface area contributed by atoms with Crippen molar-refractivity contribution in [1.82, 2.24) is 0 Å². The first-order chi connectivity index (χ1) is 8.31. The molecule has 0 N–H and O–H groups in total. The number of fused-ring (bicyclic) bond motifs is 3. The zero-order valence-electron chi connectivity index (χ0n) is 9.97. The molecule has 1 heterocycles. The minimum atomic E-state index is 0.913. The molecule has 0 aliphatic carbocycles. The molecule has 0 aliphatic heterocycles. The van der Waals surface area contributed by atoms with Gasteiger partial charge in [0.1, 0.15) is 7.05 Å². The molecule has 0 spiro atoms. The van der Waals surface area contributed by atoms with Crippen molar-refractivity contribution in [3.63, 3.8) is 0 Å². The van der Waals surface area contributed by atoms with Gasteiger partial charge in [-0.3, -0.25) is 0 Å². The first kappa shape index (κ1) is 10.1. The van der Waals surface area contributed by atoms with E-state index in [1.54, 1.807) is 7.11 Å². The predicted molar refractivity (Wildman–Crippen MR) is 69.2 cm³/mol. The van der Waals surface area contributed by atoms with Crippen LogP contribution in [0.2, 0.25) is 0 Å². The Hall–Kier alpha value is -2.09. The fourth-order valence-corrected chi connectivity index (χ4v) is 2.40. The second-order valence-corrected chi connectivity index (χ2v) is 4.18. The Morgan fingerprint density at radius 1 is 0.941 bits per heavy atom. The maximum Gasteiger partial charge on any atom is 0.255 e. The van der Waals surface area contributed by atoms with E-state index in [4.69, 9.17) is 4.74 Å². The van der Waals surface area contributed by atoms with Crippen LogP contribution in [-0.4, -0.2) is 7.11 Å². The van der Waals surface area contributed by atoms with Crippen molar-refractivity contribution in [2.75, 3.05) is 7.11 Å². The molecule has 3 rings (SSSR count). The summed E-state index contributed by atoms with van der Waals surface area (Å²) in [5, 5.41) is 3.74. The quantitative estimate of drug-likeness (QED) is 0.457. The summed E-state index contributed by atoms with van der Waals surface area (Å²) in [7, 11) is 3.77. The van der Waals surface area contributed by atoms with Crippen LogP contribution in [0.1, 0.15) is 0 Å². The van der Waals surface area contributed by atoms with Crippen molar-refractivity contribution in [3.05, 3.63) is 48.7 Å². The largest absolute Gasteiger partial charge is 0.490 e. The Bertz CT molecular complexity index is 704. The summed E-state index contributed by atoms with van der Waals surface area (Å²) in [5.74, 6) is 0.913. The van der Waals surface area contributed by atoms with Crippen LogP contribution in [0.25, 0.3) is 21.7 Å². The molecule has 0 atom stereocenters. The molecule has 1 aromatic heterocycles. The van der Waals surface area contributed by atoms with Crippen molar-refractivity contribution in [2.45, 2.75) is 0 Å². The molecule has 0 aliphatic rings. The number of para-hydroxylation sites is 1. The van der Waals surface area contributed by atoms with Crippen LogP contribution in [0.4, 0.5) is 0 Å². The van der Waals surface area contributed by atoms with E-state index in [1.807, 2.05) is 12.1 Å². The minimum absolute atomic E-state index is 0.913. The van der Waals surface area contributed by atoms with Crippen LogP contribution >= 0.6 is 0 Å². The van der Waals surface area contributed by atoms with Gasteiger partial charge in [0.25, 0.3) is 5.52 Å². The van der Waals surface area contributed by atoms with Gasteiger partial charge >= 0.3 is 0 Å². The molecule has 2 nitrogen and oxygen atoms in total. The Morgan fingerprint density at radius 2 is 1.71 bits per heavy atom. The van der Waals surface area contributed by atoms with E-state index in [0.717, 1.165) is 11.3 Å². The molecule has 2 aromatic carbocycles. The average Bonchev–Trinajstić information content (AvgIpc) is 2.38. The number of pyridine rings is 1. The molecular weight excluding hydrogens is 210 g/mol. The lowest BCUT2D eigenvalue weighted by molar-refractivity contribution is -0.643. The second kappa shape index (κ2) is 3.74. The molecule has 2 heteroatoms. The van der Waals surface area contributed by atoms with Crippen LogP contribution in [0.5, 0.6) is 5.75 Å². The Labute approximate surface area is 100 Å². The first-order valence-electron chi connectivity index (χ1n) is 5.65. The first-order valence-corrected chi connectivity index (χ1v) is 5.65. The maximum absolute atomic E-state index is 5.44. The monoisotopic (exact) mass is 224 g/mol. The lowest BCUT2D eigenvalue weighted by atomic mass is 10.1. The topological polar surface area (TPSA) is 13.1 Å². The normalized spacial score (nSPS) is 10.9. The second-order valence-electron chi connectivity index (χ2n) is 4.18. The van der Waals surface area contributed by atoms with Crippen molar-refractivity contribution in [2.24, 2.45) is 7.05 Å². The fraction of sp³-hybridized carbons (Fsp3) is 0.133. The van der Waals surface area contributed by atoms with E-state index in [2.05, 4.69) is 48.1 Å². The molecule has 0 saturated heterocycles. The van der Waals surface area contributed by atoms with Crippen molar-refractivity contribution in [3.8, 4) is 5.75 Å². The van der Waals surface area contributed by atoms with Crippen LogP contribution in [0, 0.1) is 0 Å². The molecule has 0 bridgehead atoms. The summed E-state index contributed by atoms with van der Waals surface area (Å²) in [6.07, 6.45) is 2.14. The number of aryl methyl sites for hydroxylation is 1. The van der Waals surface area contributed by atoms with Gasteiger partial charge in [0.05, 0.1) is 12.5 Å². The van der Waals surface area contributed by atoms with Gasteiger partial charge in [0.15, 0.2) is 11.9 Å². The number of benzene rings is 2. The lowest BCUT2D eigenvalue weighted by Crippen LogP contribution is -2.28. The molecule has 0 radical (unpaired) electrons. The van der Waals surface area contributed by atoms with Gasteiger partial charge in [0.2, 0.25) is 0 Å². The van der Waals surface area contributed by atoms with Gasteiger partial charge in [-0.2, -0.15) is 4.57 Å². The minimum Gasteiger partial charge on any atom is -0.490 e. The molecule has 17 heavy (non-hydrogen) atoms. The Kier molecular flexibility index (Phi) is 2.22. The zero-order chi connectivity index (χ0) is 11.8. The van der Waals surface area contributed by atoms with Gasteiger partial charge in [-0.15, -0.1) is 0 Å². The van der Waals surface area contributed by atoms with Crippen molar-refractivity contribution >= 4 is 21.7 Å². The van der Waals surface area contributed by atoms with E-state index in [-0.39, 0.29) is 0 Å². The highest BCUT2D eigenvalue weighted by molar-refractivity contribution is 6.05. The number of nitrogens with zero attached hydrogens (tertiary/aromatic N) is 1. The van der Waals surface area contributed by atoms with Crippen LogP contribution < -0.4 is 9.30 Å². The Balaban J connectivity index is 2.58. The van der Waals surface area contributed by atoms with Gasteiger partial charge < -0.3 is 4.74 Å². The molecule has 0 fully saturated rings. The fourth-order valence-electron chi connectivity index (χ4n) is 2.40. The standard InChI is InChI=1S/C15H14NO/c1-16-10-11-6-3-4-7-12(11)13-8-5-9-14(17-2)15(13)16/h3-10H,1-2H3/q+1. The zero-order valence-corrected chi connectivity index (χ0v) is 9.97. The molecule has 0 unspecified atom stereocenters. The number of methoxy groups -OCH3 is 1. The number of hydrogen-bond acceptors (Lipinski definition) is 1. The SMILES string of the molecule is COc1cccc2c3ccccc3c[n+](C)c12. The summed E-state index contributed by atoms with van der Waals surface area (Å²) in [5.41, 5.74) is 1.13. The van der Waals surface area contributed by atoms with Gasteiger partial charge in [-0.1, -0.05) is 24.3 Å². The van der Waals surface area contributed by atoms with Gasteiger partial charge in [-0.25, -0.2) is 0 Å². The third-order valence-electron chi connectivity index (χ3n) is 3.16. The average molecular weight is 224 g/mol. The maximum atomic E-state index is 5.44. The van der Waals surface area contributed by atoms with Crippen molar-refractivity contribution < 1.29 is 9.30 Å². The summed E-state index contributed by atoms with van der Waals surface area (Å²) >= 11 is 0. The highest BCUT2D eigenvalue weighted by Crippen LogP contribution is 2.27. The van der Waals surface area contributed by atoms with E-state index in [9.17, 15) is 0 Å². The summed E-state index contributed by atoms with van der Waals surface area (Å²) in [6.45, 7) is 0. The number of aromatic nitrogens is 1. The summed E-state index contributed by atoms with van der Waals surface area (Å²) < 4.78 is 7.56. The Morgan fingerprint density at radius 3 is 2.53 bits per heavy atom. The van der Waals surface area contributed by atoms with Crippen LogP contribution in [-0.2, 0) is 7.05 Å². The van der Waals surface area contributed by atoms with E-state index in [0.29, 0.717) is 0 Å². The third kappa shape index (κ3) is 1.45. The summed E-state index contributed by atoms with van der Waals surface area (Å²) in [6, 6.07) is 14.6. The van der Waals surface area contributed by atoms with Crippen LogP contribution in [0.3, 0.4) is 0 Å². The molecule has 3 aromatic rings. The third-order valence-corrected chi connectivity index (χ3v) is 3.16. The molecule has 0 saturated carbocycles. The number of hydrogen-bond donors (Lipinski definition) is 0. The number of ether oxygens (including phenoxy) is 1. The number of rotatable bonds is 1. The smallest absolute Gasteiger partial charge is 0.255 e. The van der Waals surface area contributed by atoms with Gasteiger partial charge in [-0.05, 0) is 18.2 Å².